The number of fused-ring (bicyclic) bond motifs is 1. The van der Waals surface area contributed by atoms with E-state index in [4.69, 9.17) is 4.74 Å². The summed E-state index contributed by atoms with van der Waals surface area (Å²) in [6.07, 6.45) is -1.03. The molecule has 0 saturated heterocycles. The summed E-state index contributed by atoms with van der Waals surface area (Å²) in [6.45, 7) is 3.12. The van der Waals surface area contributed by atoms with E-state index in [0.29, 0.717) is 16.5 Å². The summed E-state index contributed by atoms with van der Waals surface area (Å²) in [4.78, 5) is 30.1. The second kappa shape index (κ2) is 7.20. The van der Waals surface area contributed by atoms with E-state index in [1.54, 1.807) is 55.5 Å². The van der Waals surface area contributed by atoms with Gasteiger partial charge in [0.25, 0.3) is 5.56 Å². The van der Waals surface area contributed by atoms with Crippen LogP contribution in [0.4, 0.5) is 0 Å². The fraction of sp³-hybridized carbons (Fsp3) is 0.250. The topological polar surface area (TPSA) is 93.4 Å². The van der Waals surface area contributed by atoms with Crippen LogP contribution in [0.1, 0.15) is 31.3 Å². The molecular weight excluding hydrogens is 346 g/mol. The molecule has 0 amide bonds. The van der Waals surface area contributed by atoms with E-state index in [0.717, 1.165) is 4.68 Å². The lowest BCUT2D eigenvalue weighted by molar-refractivity contribution is -0.146. The number of aromatic nitrogens is 2. The van der Waals surface area contributed by atoms with Gasteiger partial charge in [-0.3, -0.25) is 10.2 Å². The summed E-state index contributed by atoms with van der Waals surface area (Å²) >= 11 is 0. The van der Waals surface area contributed by atoms with Gasteiger partial charge < -0.3 is 9.84 Å². The Kier molecular flexibility index (Phi) is 4.96. The Morgan fingerprint density at radius 1 is 1.19 bits per heavy atom. The largest absolute Gasteiger partial charge is 0.467 e. The third kappa shape index (κ3) is 3.29. The molecule has 0 unspecified atom stereocenters. The molecule has 27 heavy (non-hydrogen) atoms. The first-order chi connectivity index (χ1) is 12.9. The van der Waals surface area contributed by atoms with E-state index in [1.807, 2.05) is 6.07 Å². The van der Waals surface area contributed by atoms with Crippen LogP contribution in [0.5, 0.6) is 0 Å². The second-order valence-corrected chi connectivity index (χ2v) is 6.40. The molecule has 0 fully saturated rings. The Hall–Kier alpha value is -3.19. The maximum absolute atomic E-state index is 13.1. The average molecular weight is 367 g/mol. The summed E-state index contributed by atoms with van der Waals surface area (Å²) in [5.74, 6) is -0.477. The maximum Gasteiger partial charge on any atom is 0.337 e. The monoisotopic (exact) mass is 367 g/mol. The van der Waals surface area contributed by atoms with Crippen molar-refractivity contribution in [2.24, 2.45) is 0 Å². The van der Waals surface area contributed by atoms with Gasteiger partial charge in [0.05, 0.1) is 18.0 Å². The van der Waals surface area contributed by atoms with Crippen LogP contribution in [-0.4, -0.2) is 27.8 Å². The highest BCUT2D eigenvalue weighted by Crippen LogP contribution is 2.24. The number of nitrogens with one attached hydrogen (secondary N) is 1. The van der Waals surface area contributed by atoms with Crippen molar-refractivity contribution in [1.82, 2.24) is 9.66 Å². The molecular formula is C20H21N3O4. The quantitative estimate of drug-likeness (QED) is 0.671. The highest BCUT2D eigenvalue weighted by Gasteiger charge is 2.38. The Balaban J connectivity index is 2.24. The van der Waals surface area contributed by atoms with Gasteiger partial charge in [-0.05, 0) is 31.5 Å². The molecule has 0 radical (unpaired) electrons. The number of benzene rings is 2. The van der Waals surface area contributed by atoms with E-state index in [9.17, 15) is 14.7 Å². The number of aliphatic hydroxyl groups excluding tert-OH is 1. The van der Waals surface area contributed by atoms with Crippen LogP contribution in [0, 0.1) is 0 Å². The summed E-state index contributed by atoms with van der Waals surface area (Å²) in [7, 11) is 1.28. The number of ether oxygens (including phenoxy) is 1. The van der Waals surface area contributed by atoms with Crippen molar-refractivity contribution in [3.63, 3.8) is 0 Å². The smallest absolute Gasteiger partial charge is 0.337 e. The number of rotatable bonds is 5. The molecule has 0 saturated carbocycles. The van der Waals surface area contributed by atoms with E-state index in [-0.39, 0.29) is 5.82 Å². The first kappa shape index (κ1) is 18.6. The van der Waals surface area contributed by atoms with Crippen molar-refractivity contribution in [2.45, 2.75) is 25.5 Å². The number of hydrogen-bond acceptors (Lipinski definition) is 6. The lowest BCUT2D eigenvalue weighted by atomic mass is 9.93. The Labute approximate surface area is 156 Å². The fourth-order valence-electron chi connectivity index (χ4n) is 2.97. The normalized spacial score (nSPS) is 14.4. The Bertz CT molecular complexity index is 1030. The molecule has 7 nitrogen and oxygen atoms in total. The lowest BCUT2D eigenvalue weighted by Crippen LogP contribution is -2.50. The molecule has 1 aromatic heterocycles. The van der Waals surface area contributed by atoms with Gasteiger partial charge in [-0.15, -0.1) is 0 Å². The number of esters is 1. The van der Waals surface area contributed by atoms with Crippen LogP contribution in [-0.2, 0) is 15.1 Å². The third-order valence-electron chi connectivity index (χ3n) is 4.46. The lowest BCUT2D eigenvalue weighted by Gasteiger charge is -2.31. The molecule has 2 aromatic carbocycles. The van der Waals surface area contributed by atoms with E-state index in [2.05, 4.69) is 10.4 Å². The average Bonchev–Trinajstić information content (AvgIpc) is 2.69. The maximum atomic E-state index is 13.1. The first-order valence-electron chi connectivity index (χ1n) is 8.50. The predicted molar refractivity (Wildman–Crippen MR) is 102 cm³/mol. The molecule has 1 heterocycles. The number of methoxy groups -OCH3 is 1. The fourth-order valence-corrected chi connectivity index (χ4v) is 2.97. The van der Waals surface area contributed by atoms with Crippen LogP contribution in [0.3, 0.4) is 0 Å². The van der Waals surface area contributed by atoms with E-state index in [1.165, 1.54) is 14.0 Å². The van der Waals surface area contributed by atoms with Crippen LogP contribution in [0.2, 0.25) is 0 Å². The van der Waals surface area contributed by atoms with Crippen molar-refractivity contribution in [3.05, 3.63) is 76.3 Å². The minimum atomic E-state index is -1.37. The summed E-state index contributed by atoms with van der Waals surface area (Å²) in [6, 6.07) is 15.7. The summed E-state index contributed by atoms with van der Waals surface area (Å²) in [5, 5.41) is 10.5. The van der Waals surface area contributed by atoms with Gasteiger partial charge in [-0.1, -0.05) is 42.5 Å². The number of nitrogens with zero attached hydrogens (tertiary/aromatic N) is 2. The van der Waals surface area contributed by atoms with Gasteiger partial charge >= 0.3 is 5.97 Å². The van der Waals surface area contributed by atoms with Gasteiger partial charge in [0, 0.05) is 0 Å². The minimum Gasteiger partial charge on any atom is -0.467 e. The molecule has 0 aliphatic carbocycles. The minimum absolute atomic E-state index is 0.102. The SMILES string of the molecule is COC(=O)[C@@](C)(Nn1c([C@H](C)O)nc2ccccc2c1=O)c1ccccc1. The predicted octanol–water partition coefficient (Wildman–Crippen LogP) is 2.08. The third-order valence-corrected chi connectivity index (χ3v) is 4.46. The van der Waals surface area contributed by atoms with Crippen molar-refractivity contribution in [3.8, 4) is 0 Å². The van der Waals surface area contributed by atoms with Gasteiger partial charge in [0.2, 0.25) is 0 Å². The van der Waals surface area contributed by atoms with Crippen molar-refractivity contribution in [1.29, 1.82) is 0 Å². The Morgan fingerprint density at radius 2 is 1.81 bits per heavy atom. The molecule has 0 aliphatic rings. The number of para-hydroxylation sites is 1. The molecule has 0 spiro atoms. The van der Waals surface area contributed by atoms with Crippen molar-refractivity contribution < 1.29 is 14.6 Å². The Morgan fingerprint density at radius 3 is 2.44 bits per heavy atom. The highest BCUT2D eigenvalue weighted by atomic mass is 16.5. The molecule has 3 aromatic rings. The molecule has 2 atom stereocenters. The molecule has 140 valence electrons. The second-order valence-electron chi connectivity index (χ2n) is 6.40. The van der Waals surface area contributed by atoms with Crippen molar-refractivity contribution >= 4 is 16.9 Å². The standard InChI is InChI=1S/C20H21N3O4/c1-13(24)17-21-16-12-8-7-11-15(16)18(25)23(17)22-20(2,19(26)27-3)14-9-5-4-6-10-14/h4-13,22,24H,1-3H3/t13-,20-/m0/s1. The number of carbonyl (C=O) groups is 1. The van der Waals surface area contributed by atoms with E-state index < -0.39 is 23.2 Å². The van der Waals surface area contributed by atoms with Crippen LogP contribution in [0.15, 0.2) is 59.4 Å². The number of aliphatic hydroxyl groups is 1. The van der Waals surface area contributed by atoms with Crippen LogP contribution >= 0.6 is 0 Å². The summed E-state index contributed by atoms with van der Waals surface area (Å²) in [5.41, 5.74) is 2.23. The molecule has 0 bridgehead atoms. The van der Waals surface area contributed by atoms with E-state index >= 15 is 0 Å². The zero-order valence-electron chi connectivity index (χ0n) is 15.3. The van der Waals surface area contributed by atoms with Crippen molar-refractivity contribution in [2.75, 3.05) is 12.5 Å². The molecule has 7 heteroatoms. The van der Waals surface area contributed by atoms with Gasteiger partial charge in [0.15, 0.2) is 11.4 Å². The van der Waals surface area contributed by atoms with Gasteiger partial charge in [-0.25, -0.2) is 14.5 Å². The van der Waals surface area contributed by atoms with Gasteiger partial charge in [-0.2, -0.15) is 0 Å². The molecule has 3 rings (SSSR count). The zero-order chi connectivity index (χ0) is 19.6. The highest BCUT2D eigenvalue weighted by molar-refractivity contribution is 5.84. The van der Waals surface area contributed by atoms with Gasteiger partial charge in [0.1, 0.15) is 6.10 Å². The van der Waals surface area contributed by atoms with Crippen LogP contribution < -0.4 is 11.0 Å². The molecule has 2 N–H and O–H groups in total. The number of hydrogen-bond donors (Lipinski definition) is 2. The molecule has 0 aliphatic heterocycles. The summed E-state index contributed by atoms with van der Waals surface area (Å²) < 4.78 is 6.09. The first-order valence-corrected chi connectivity index (χ1v) is 8.50. The van der Waals surface area contributed by atoms with Crippen LogP contribution in [0.25, 0.3) is 10.9 Å². The number of carbonyl (C=O) groups excluding carboxylic acids is 1. The zero-order valence-corrected chi connectivity index (χ0v) is 15.3.